The molecule has 174 valence electrons. The maximum Gasteiger partial charge on any atom is 0.246 e. The lowest BCUT2D eigenvalue weighted by Crippen LogP contribution is -2.35. The SMILES string of the molecule is COc1ccc(NC(=O)CSc2nnnn2C2CCCC2)cc1S(=O)(=O)N1CCCCC1. The molecule has 1 aliphatic carbocycles. The van der Waals surface area contributed by atoms with Gasteiger partial charge in [0.2, 0.25) is 21.1 Å². The molecule has 1 amide bonds. The number of sulfonamides is 1. The number of rotatable bonds is 8. The van der Waals surface area contributed by atoms with Crippen molar-refractivity contribution in [3.05, 3.63) is 18.2 Å². The van der Waals surface area contributed by atoms with Crippen LogP contribution in [0.25, 0.3) is 0 Å². The number of tetrazole rings is 1. The average molecular weight is 481 g/mol. The molecule has 2 aromatic rings. The lowest BCUT2D eigenvalue weighted by Gasteiger charge is -2.26. The highest BCUT2D eigenvalue weighted by Gasteiger charge is 2.29. The molecule has 0 unspecified atom stereocenters. The molecule has 1 aromatic carbocycles. The Balaban J connectivity index is 1.43. The number of thioether (sulfide) groups is 1. The number of nitrogens with zero attached hydrogens (tertiary/aromatic N) is 5. The molecule has 0 radical (unpaired) electrons. The third-order valence-corrected chi connectivity index (χ3v) is 8.70. The van der Waals surface area contributed by atoms with Gasteiger partial charge in [0.25, 0.3) is 0 Å². The predicted molar refractivity (Wildman–Crippen MR) is 120 cm³/mol. The van der Waals surface area contributed by atoms with Gasteiger partial charge in [-0.05, 0) is 54.3 Å². The monoisotopic (exact) mass is 480 g/mol. The molecule has 32 heavy (non-hydrogen) atoms. The molecule has 0 atom stereocenters. The Kier molecular flexibility index (Phi) is 7.31. The van der Waals surface area contributed by atoms with Gasteiger partial charge in [-0.15, -0.1) is 5.10 Å². The molecule has 12 heteroatoms. The Hall–Kier alpha value is -2.18. The van der Waals surface area contributed by atoms with Gasteiger partial charge < -0.3 is 10.1 Å². The van der Waals surface area contributed by atoms with Crippen molar-refractivity contribution in [2.75, 3.05) is 31.3 Å². The highest BCUT2D eigenvalue weighted by Crippen LogP contribution is 2.32. The summed E-state index contributed by atoms with van der Waals surface area (Å²) < 4.78 is 34.9. The van der Waals surface area contributed by atoms with Crippen molar-refractivity contribution in [1.82, 2.24) is 24.5 Å². The van der Waals surface area contributed by atoms with E-state index in [2.05, 4.69) is 20.8 Å². The molecular weight excluding hydrogens is 452 g/mol. The van der Waals surface area contributed by atoms with Gasteiger partial charge in [-0.25, -0.2) is 13.1 Å². The Labute approximate surface area is 192 Å². The molecule has 10 nitrogen and oxygen atoms in total. The maximum atomic E-state index is 13.2. The first-order valence-corrected chi connectivity index (χ1v) is 13.3. The van der Waals surface area contributed by atoms with E-state index >= 15 is 0 Å². The fourth-order valence-corrected chi connectivity index (χ4v) is 6.63. The number of carbonyl (C=O) groups is 1. The maximum absolute atomic E-state index is 13.2. The summed E-state index contributed by atoms with van der Waals surface area (Å²) in [7, 11) is -2.27. The van der Waals surface area contributed by atoms with Crippen molar-refractivity contribution < 1.29 is 17.9 Å². The first kappa shape index (κ1) is 23.0. The third-order valence-electron chi connectivity index (χ3n) is 5.85. The fourth-order valence-electron chi connectivity index (χ4n) is 4.19. The van der Waals surface area contributed by atoms with Crippen LogP contribution in [0.3, 0.4) is 0 Å². The van der Waals surface area contributed by atoms with Gasteiger partial charge in [0.15, 0.2) is 0 Å². The van der Waals surface area contributed by atoms with E-state index in [9.17, 15) is 13.2 Å². The first-order valence-electron chi connectivity index (χ1n) is 10.9. The van der Waals surface area contributed by atoms with Gasteiger partial charge in [0.1, 0.15) is 10.6 Å². The molecule has 2 heterocycles. The van der Waals surface area contributed by atoms with Gasteiger partial charge in [-0.3, -0.25) is 4.79 Å². The van der Waals surface area contributed by atoms with Crippen LogP contribution in [-0.2, 0) is 14.8 Å². The number of piperidine rings is 1. The summed E-state index contributed by atoms with van der Waals surface area (Å²) in [5, 5.41) is 15.3. The molecule has 1 N–H and O–H groups in total. The van der Waals surface area contributed by atoms with Crippen LogP contribution in [0, 0.1) is 0 Å². The van der Waals surface area contributed by atoms with Gasteiger partial charge in [0, 0.05) is 18.8 Å². The quantitative estimate of drug-likeness (QED) is 0.573. The van der Waals surface area contributed by atoms with E-state index in [-0.39, 0.29) is 22.3 Å². The van der Waals surface area contributed by atoms with E-state index < -0.39 is 10.0 Å². The van der Waals surface area contributed by atoms with Crippen molar-refractivity contribution in [2.45, 2.75) is 61.0 Å². The number of nitrogens with one attached hydrogen (secondary N) is 1. The number of hydrogen-bond acceptors (Lipinski definition) is 8. The van der Waals surface area contributed by atoms with E-state index in [0.717, 1.165) is 44.9 Å². The van der Waals surface area contributed by atoms with Crippen LogP contribution in [0.4, 0.5) is 5.69 Å². The Morgan fingerprint density at radius 2 is 1.94 bits per heavy atom. The normalized spacial score (nSPS) is 18.0. The van der Waals surface area contributed by atoms with Crippen LogP contribution in [-0.4, -0.2) is 64.8 Å². The topological polar surface area (TPSA) is 119 Å². The van der Waals surface area contributed by atoms with E-state index in [1.54, 1.807) is 12.1 Å². The van der Waals surface area contributed by atoms with E-state index in [1.165, 1.54) is 29.2 Å². The highest BCUT2D eigenvalue weighted by atomic mass is 32.2. The van der Waals surface area contributed by atoms with Crippen molar-refractivity contribution in [2.24, 2.45) is 0 Å². The summed E-state index contributed by atoms with van der Waals surface area (Å²) >= 11 is 1.27. The van der Waals surface area contributed by atoms with Crippen molar-refractivity contribution in [3.63, 3.8) is 0 Å². The molecule has 2 aliphatic rings. The van der Waals surface area contributed by atoms with Crippen LogP contribution in [0.15, 0.2) is 28.3 Å². The first-order chi connectivity index (χ1) is 15.5. The van der Waals surface area contributed by atoms with Gasteiger partial charge in [0.05, 0.1) is 18.9 Å². The lowest BCUT2D eigenvalue weighted by atomic mass is 10.2. The van der Waals surface area contributed by atoms with Gasteiger partial charge in [-0.1, -0.05) is 31.0 Å². The molecule has 4 rings (SSSR count). The summed E-state index contributed by atoms with van der Waals surface area (Å²) in [6.45, 7) is 0.989. The average Bonchev–Trinajstić information content (AvgIpc) is 3.50. The minimum atomic E-state index is -3.70. The van der Waals surface area contributed by atoms with Crippen LogP contribution >= 0.6 is 11.8 Å². The molecule has 0 bridgehead atoms. The zero-order valence-corrected chi connectivity index (χ0v) is 19.7. The van der Waals surface area contributed by atoms with Crippen molar-refractivity contribution >= 4 is 33.4 Å². The second-order valence-corrected chi connectivity index (χ2v) is 10.9. The van der Waals surface area contributed by atoms with E-state index in [4.69, 9.17) is 4.74 Å². The summed E-state index contributed by atoms with van der Waals surface area (Å²) in [5.41, 5.74) is 0.405. The zero-order chi connectivity index (χ0) is 22.6. The molecule has 2 fully saturated rings. The molecule has 0 spiro atoms. The van der Waals surface area contributed by atoms with Crippen LogP contribution in [0.1, 0.15) is 51.0 Å². The largest absolute Gasteiger partial charge is 0.495 e. The van der Waals surface area contributed by atoms with Crippen LogP contribution in [0.2, 0.25) is 0 Å². The minimum absolute atomic E-state index is 0.0672. The zero-order valence-electron chi connectivity index (χ0n) is 18.1. The summed E-state index contributed by atoms with van der Waals surface area (Å²) in [6, 6.07) is 4.97. The number of aromatic nitrogens is 4. The Morgan fingerprint density at radius 1 is 1.19 bits per heavy atom. The number of methoxy groups -OCH3 is 1. The minimum Gasteiger partial charge on any atom is -0.495 e. The molecule has 1 aromatic heterocycles. The van der Waals surface area contributed by atoms with Crippen molar-refractivity contribution in [1.29, 1.82) is 0 Å². The number of anilines is 1. The summed E-state index contributed by atoms with van der Waals surface area (Å²) in [4.78, 5) is 12.6. The van der Waals surface area contributed by atoms with Crippen LogP contribution < -0.4 is 10.1 Å². The molecule has 1 saturated heterocycles. The van der Waals surface area contributed by atoms with Gasteiger partial charge in [-0.2, -0.15) is 4.31 Å². The number of amides is 1. The second kappa shape index (κ2) is 10.2. The molecule has 1 saturated carbocycles. The van der Waals surface area contributed by atoms with Crippen LogP contribution in [0.5, 0.6) is 5.75 Å². The Morgan fingerprint density at radius 3 is 2.66 bits per heavy atom. The third kappa shape index (κ3) is 5.07. The number of ether oxygens (including phenoxy) is 1. The Bertz CT molecular complexity index is 1050. The van der Waals surface area contributed by atoms with Gasteiger partial charge >= 0.3 is 0 Å². The fraction of sp³-hybridized carbons (Fsp3) is 0.600. The molecule has 1 aliphatic heterocycles. The molecular formula is C20H28N6O4S2. The highest BCUT2D eigenvalue weighted by molar-refractivity contribution is 7.99. The smallest absolute Gasteiger partial charge is 0.246 e. The second-order valence-electron chi connectivity index (χ2n) is 8.01. The number of carbonyl (C=O) groups excluding carboxylic acids is 1. The standard InChI is InChI=1S/C20H28N6O4S2/c1-30-17-10-9-15(13-18(17)32(28,29)25-11-5-2-6-12-25)21-19(27)14-31-20-22-23-24-26(20)16-7-3-4-8-16/h9-10,13,16H,2-8,11-12,14H2,1H3,(H,21,27). The summed E-state index contributed by atoms with van der Waals surface area (Å²) in [6.07, 6.45) is 7.13. The van der Waals surface area contributed by atoms with E-state index in [0.29, 0.717) is 30.0 Å². The van der Waals surface area contributed by atoms with E-state index in [1.807, 2.05) is 4.68 Å². The number of hydrogen-bond donors (Lipinski definition) is 1. The van der Waals surface area contributed by atoms with Crippen molar-refractivity contribution in [3.8, 4) is 5.75 Å². The summed E-state index contributed by atoms with van der Waals surface area (Å²) in [5.74, 6) is 0.119. The number of benzene rings is 1. The predicted octanol–water partition coefficient (Wildman–Crippen LogP) is 2.70. The lowest BCUT2D eigenvalue weighted by molar-refractivity contribution is -0.113.